The Labute approximate surface area is 125 Å². The van der Waals surface area contributed by atoms with Gasteiger partial charge >= 0.3 is 5.97 Å². The van der Waals surface area contributed by atoms with Gasteiger partial charge in [0.25, 0.3) is 0 Å². The second-order valence-electron chi connectivity index (χ2n) is 4.56. The minimum atomic E-state index is -1.01. The summed E-state index contributed by atoms with van der Waals surface area (Å²) in [6.07, 6.45) is 7.13. The van der Waals surface area contributed by atoms with Crippen molar-refractivity contribution < 1.29 is 14.7 Å². The molecule has 0 saturated heterocycles. The number of rotatable bonds is 11. The van der Waals surface area contributed by atoms with Gasteiger partial charge in [-0.25, -0.2) is 0 Å². The van der Waals surface area contributed by atoms with Crippen LogP contribution in [0, 0.1) is 5.41 Å². The monoisotopic (exact) mass is 292 g/mol. The van der Waals surface area contributed by atoms with Crippen molar-refractivity contribution >= 4 is 18.0 Å². The number of aliphatic carboxylic acids is 1. The summed E-state index contributed by atoms with van der Waals surface area (Å²) in [7, 11) is 0. The van der Waals surface area contributed by atoms with E-state index in [1.165, 1.54) is 6.21 Å². The highest BCUT2D eigenvalue weighted by atomic mass is 16.4. The van der Waals surface area contributed by atoms with Crippen LogP contribution in [0.4, 0.5) is 0 Å². The molecule has 0 aromatic rings. The average molecular weight is 292 g/mol. The van der Waals surface area contributed by atoms with Crippen molar-refractivity contribution in [3.8, 4) is 0 Å². The lowest BCUT2D eigenvalue weighted by Gasteiger charge is -2.12. The largest absolute Gasteiger partial charge is 0.480 e. The fourth-order valence-electron chi connectivity index (χ4n) is 1.83. The van der Waals surface area contributed by atoms with E-state index in [-0.39, 0.29) is 18.6 Å². The van der Waals surface area contributed by atoms with E-state index in [4.69, 9.17) is 10.5 Å². The third-order valence-corrected chi connectivity index (χ3v) is 2.98. The van der Waals surface area contributed by atoms with E-state index in [0.29, 0.717) is 13.0 Å². The van der Waals surface area contributed by atoms with Gasteiger partial charge in [0, 0.05) is 19.1 Å². The second kappa shape index (κ2) is 10.7. The Morgan fingerprint density at radius 2 is 2.05 bits per heavy atom. The van der Waals surface area contributed by atoms with Gasteiger partial charge in [-0.1, -0.05) is 25.7 Å². The predicted molar refractivity (Wildman–Crippen MR) is 84.8 cm³/mol. The number of carbonyl (C=O) groups is 2. The van der Waals surface area contributed by atoms with Crippen LogP contribution >= 0.6 is 0 Å². The van der Waals surface area contributed by atoms with Crippen LogP contribution in [0.25, 0.3) is 0 Å². The zero-order chi connectivity index (χ0) is 16.3. The molecule has 0 amide bonds. The van der Waals surface area contributed by atoms with Gasteiger partial charge in [0.05, 0.1) is 0 Å². The van der Waals surface area contributed by atoms with Crippen molar-refractivity contribution in [3.63, 3.8) is 0 Å². The van der Waals surface area contributed by atoms with Gasteiger partial charge in [0.2, 0.25) is 0 Å². The van der Waals surface area contributed by atoms with Crippen molar-refractivity contribution in [3.05, 3.63) is 36.0 Å². The first kappa shape index (κ1) is 19.0. The van der Waals surface area contributed by atoms with Crippen molar-refractivity contribution in [1.29, 1.82) is 5.41 Å². The molecule has 0 radical (unpaired) electrons. The van der Waals surface area contributed by atoms with E-state index in [0.717, 1.165) is 11.1 Å². The molecule has 0 rings (SSSR count). The topological polar surface area (TPSA) is 90.2 Å². The van der Waals surface area contributed by atoms with E-state index < -0.39 is 12.0 Å². The first-order chi connectivity index (χ1) is 9.96. The van der Waals surface area contributed by atoms with E-state index in [2.05, 4.69) is 11.9 Å². The first-order valence-corrected chi connectivity index (χ1v) is 6.95. The highest BCUT2D eigenvalue weighted by Crippen LogP contribution is 2.16. The molecule has 5 nitrogen and oxygen atoms in total. The number of hydrogen-bond donors (Lipinski definition) is 3. The number of ketones is 1. The SMILES string of the molecule is C=C(CCC(=O)CC(NCC)C(=O)O)C(=CC)/C=C/C=N. The van der Waals surface area contributed by atoms with Gasteiger partial charge in [0.15, 0.2) is 0 Å². The predicted octanol–water partition coefficient (Wildman–Crippen LogP) is 2.50. The summed E-state index contributed by atoms with van der Waals surface area (Å²) in [6.45, 7) is 8.10. The first-order valence-electron chi connectivity index (χ1n) is 6.95. The number of nitrogens with one attached hydrogen (secondary N) is 2. The molecule has 0 saturated carbocycles. The zero-order valence-electron chi connectivity index (χ0n) is 12.7. The normalized spacial score (nSPS) is 13.1. The van der Waals surface area contributed by atoms with Crippen LogP contribution < -0.4 is 5.32 Å². The summed E-state index contributed by atoms with van der Waals surface area (Å²) in [5.74, 6) is -1.11. The molecule has 3 N–H and O–H groups in total. The summed E-state index contributed by atoms with van der Waals surface area (Å²) in [5.41, 5.74) is 1.69. The molecular formula is C16H24N2O3. The molecule has 0 bridgehead atoms. The van der Waals surface area contributed by atoms with Gasteiger partial charge < -0.3 is 15.8 Å². The molecule has 0 heterocycles. The van der Waals surface area contributed by atoms with Crippen LogP contribution in [-0.2, 0) is 9.59 Å². The average Bonchev–Trinajstić information content (AvgIpc) is 2.45. The maximum Gasteiger partial charge on any atom is 0.321 e. The number of carboxylic acids is 1. The van der Waals surface area contributed by atoms with Crippen LogP contribution in [0.3, 0.4) is 0 Å². The summed E-state index contributed by atoms with van der Waals surface area (Å²) in [6, 6.07) is -0.824. The number of carboxylic acid groups (broad SMARTS) is 1. The van der Waals surface area contributed by atoms with E-state index in [1.807, 2.05) is 13.0 Å². The zero-order valence-corrected chi connectivity index (χ0v) is 12.7. The van der Waals surface area contributed by atoms with Crippen LogP contribution in [0.15, 0.2) is 36.0 Å². The molecule has 5 heteroatoms. The smallest absolute Gasteiger partial charge is 0.321 e. The maximum absolute atomic E-state index is 11.8. The molecule has 21 heavy (non-hydrogen) atoms. The highest BCUT2D eigenvalue weighted by Gasteiger charge is 2.19. The summed E-state index contributed by atoms with van der Waals surface area (Å²) in [4.78, 5) is 22.8. The minimum Gasteiger partial charge on any atom is -0.480 e. The Hall–Kier alpha value is -2.01. The van der Waals surface area contributed by atoms with Gasteiger partial charge in [-0.05, 0) is 37.1 Å². The van der Waals surface area contributed by atoms with Crippen LogP contribution in [0.1, 0.15) is 33.1 Å². The fraction of sp³-hybridized carbons (Fsp3) is 0.438. The van der Waals surface area contributed by atoms with Crippen molar-refractivity contribution in [2.75, 3.05) is 6.54 Å². The number of Topliss-reactive ketones (excluding diaryl/α,β-unsaturated/α-hetero) is 1. The molecule has 1 unspecified atom stereocenters. The summed E-state index contributed by atoms with van der Waals surface area (Å²) in [5, 5.41) is 18.7. The van der Waals surface area contributed by atoms with Crippen molar-refractivity contribution in [2.45, 2.75) is 39.2 Å². The molecule has 0 aliphatic rings. The second-order valence-corrected chi connectivity index (χ2v) is 4.56. The number of likely N-dealkylation sites (N-methyl/N-ethyl adjacent to an activating group) is 1. The minimum absolute atomic E-state index is 0.0159. The molecular weight excluding hydrogens is 268 g/mol. The third-order valence-electron chi connectivity index (χ3n) is 2.98. The molecule has 0 aromatic carbocycles. The van der Waals surface area contributed by atoms with Crippen LogP contribution in [0.5, 0.6) is 0 Å². The van der Waals surface area contributed by atoms with Gasteiger partial charge in [-0.3, -0.25) is 9.59 Å². The lowest BCUT2D eigenvalue weighted by atomic mass is 9.98. The summed E-state index contributed by atoms with van der Waals surface area (Å²) < 4.78 is 0. The molecule has 1 atom stereocenters. The van der Waals surface area contributed by atoms with Crippen LogP contribution in [0.2, 0.25) is 0 Å². The molecule has 0 spiro atoms. The van der Waals surface area contributed by atoms with E-state index in [9.17, 15) is 9.59 Å². The Kier molecular flexibility index (Phi) is 9.71. The van der Waals surface area contributed by atoms with Crippen molar-refractivity contribution in [2.24, 2.45) is 0 Å². The lowest BCUT2D eigenvalue weighted by molar-refractivity contribution is -0.141. The van der Waals surface area contributed by atoms with E-state index in [1.54, 1.807) is 19.1 Å². The Bertz CT molecular complexity index is 450. The number of carbonyl (C=O) groups excluding carboxylic acids is 1. The maximum atomic E-state index is 11.8. The van der Waals surface area contributed by atoms with Gasteiger partial charge in [-0.2, -0.15) is 0 Å². The molecule has 0 aliphatic carbocycles. The Morgan fingerprint density at radius 3 is 2.52 bits per heavy atom. The quantitative estimate of drug-likeness (QED) is 0.403. The third kappa shape index (κ3) is 7.99. The Balaban J connectivity index is 4.41. The molecule has 116 valence electrons. The van der Waals surface area contributed by atoms with Gasteiger partial charge in [0.1, 0.15) is 11.8 Å². The molecule has 0 aliphatic heterocycles. The standard InChI is InChI=1S/C16H24N2O3/c1-4-13(7-6-10-17)12(3)8-9-14(19)11-15(16(20)21)18-5-2/h4,6-7,10,15,17-18H,3,5,8-9,11H2,1-2H3,(H,20,21)/b7-6+,13-4?,17-10?. The number of allylic oxidation sites excluding steroid dienone is 5. The van der Waals surface area contributed by atoms with E-state index >= 15 is 0 Å². The molecule has 0 fully saturated rings. The lowest BCUT2D eigenvalue weighted by Crippen LogP contribution is -2.38. The highest BCUT2D eigenvalue weighted by molar-refractivity contribution is 5.85. The number of hydrogen-bond acceptors (Lipinski definition) is 4. The summed E-state index contributed by atoms with van der Waals surface area (Å²) >= 11 is 0. The van der Waals surface area contributed by atoms with Gasteiger partial charge in [-0.15, -0.1) is 0 Å². The molecule has 0 aromatic heterocycles. The van der Waals surface area contributed by atoms with Crippen LogP contribution in [-0.4, -0.2) is 35.7 Å². The Morgan fingerprint density at radius 1 is 1.38 bits per heavy atom. The fourth-order valence-corrected chi connectivity index (χ4v) is 1.83. The van der Waals surface area contributed by atoms with Crippen molar-refractivity contribution in [1.82, 2.24) is 5.32 Å².